The summed E-state index contributed by atoms with van der Waals surface area (Å²) in [6.45, 7) is 7.18. The van der Waals surface area contributed by atoms with Crippen LogP contribution in [0.4, 0.5) is 4.39 Å². The highest BCUT2D eigenvalue weighted by atomic mass is 28.3. The van der Waals surface area contributed by atoms with E-state index in [9.17, 15) is 14.0 Å². The Balaban J connectivity index is 2.19. The number of rotatable bonds is 2. The molecule has 26 heavy (non-hydrogen) atoms. The molecule has 6 nitrogen and oxygen atoms in total. The largest absolute Gasteiger partial charge is 0.495 e. The van der Waals surface area contributed by atoms with Crippen LogP contribution in [0.2, 0.25) is 19.6 Å². The van der Waals surface area contributed by atoms with Crippen molar-refractivity contribution in [2.75, 3.05) is 7.11 Å². The molecule has 0 fully saturated rings. The van der Waals surface area contributed by atoms with Gasteiger partial charge >= 0.3 is 11.4 Å². The van der Waals surface area contributed by atoms with Crippen LogP contribution in [-0.2, 0) is 13.1 Å². The summed E-state index contributed by atoms with van der Waals surface area (Å²) >= 11 is 0. The van der Waals surface area contributed by atoms with Gasteiger partial charge in [-0.3, -0.25) is 0 Å². The number of aromatic nitrogens is 3. The van der Waals surface area contributed by atoms with E-state index in [2.05, 4.69) is 31.1 Å². The summed E-state index contributed by atoms with van der Waals surface area (Å²) in [4.78, 5) is 25.2. The molecule has 1 aliphatic heterocycles. The standard InChI is InChI=1S/C18H22FN3O3Si/c1-25-16-12-15(14(19)11-13(16)7-10-26(2,3)4)22-17(23)20-8-5-6-9-21(20)18(22)24/h11-12H,5-6,8-9H2,1-4H3. The van der Waals surface area contributed by atoms with Crippen LogP contribution in [0.15, 0.2) is 21.7 Å². The van der Waals surface area contributed by atoms with E-state index < -0.39 is 25.3 Å². The van der Waals surface area contributed by atoms with Gasteiger partial charge in [0.2, 0.25) is 0 Å². The van der Waals surface area contributed by atoms with Crippen molar-refractivity contribution in [1.82, 2.24) is 13.9 Å². The van der Waals surface area contributed by atoms with Gasteiger partial charge < -0.3 is 4.74 Å². The first kappa shape index (κ1) is 18.3. The maximum atomic E-state index is 14.8. The Kier molecular flexibility index (Phi) is 4.67. The number of fused-ring (bicyclic) bond motifs is 1. The number of hydrogen-bond acceptors (Lipinski definition) is 3. The molecule has 138 valence electrons. The molecule has 0 bridgehead atoms. The van der Waals surface area contributed by atoms with E-state index in [4.69, 9.17) is 4.74 Å². The minimum absolute atomic E-state index is 0.107. The van der Waals surface area contributed by atoms with Gasteiger partial charge in [0.05, 0.1) is 18.4 Å². The molecule has 1 aliphatic rings. The summed E-state index contributed by atoms with van der Waals surface area (Å²) in [6, 6.07) is 2.60. The fourth-order valence-corrected chi connectivity index (χ4v) is 3.43. The van der Waals surface area contributed by atoms with Crippen LogP contribution in [0.5, 0.6) is 5.75 Å². The third-order valence-electron chi connectivity index (χ3n) is 4.19. The summed E-state index contributed by atoms with van der Waals surface area (Å²) in [7, 11) is -0.191. The topological polar surface area (TPSA) is 58.2 Å². The predicted octanol–water partition coefficient (Wildman–Crippen LogP) is 1.97. The Bertz CT molecular complexity index is 994. The first-order chi connectivity index (χ1) is 12.2. The summed E-state index contributed by atoms with van der Waals surface area (Å²) in [5, 5.41) is 0. The molecule has 0 N–H and O–H groups in total. The normalized spacial score (nSPS) is 13.7. The van der Waals surface area contributed by atoms with Crippen molar-refractivity contribution >= 4 is 8.07 Å². The lowest BCUT2D eigenvalue weighted by atomic mass is 10.1. The molecule has 1 aromatic carbocycles. The number of methoxy groups -OCH3 is 1. The minimum Gasteiger partial charge on any atom is -0.495 e. The molecule has 2 heterocycles. The maximum Gasteiger partial charge on any atom is 0.351 e. The molecule has 0 radical (unpaired) electrons. The van der Waals surface area contributed by atoms with Crippen LogP contribution < -0.4 is 16.1 Å². The van der Waals surface area contributed by atoms with Crippen LogP contribution in [0.1, 0.15) is 18.4 Å². The molecule has 0 unspecified atom stereocenters. The zero-order valence-electron chi connectivity index (χ0n) is 15.4. The molecule has 0 spiro atoms. The molecule has 0 amide bonds. The Morgan fingerprint density at radius 1 is 1.08 bits per heavy atom. The Labute approximate surface area is 151 Å². The molecule has 1 aromatic heterocycles. The fraction of sp³-hybridized carbons (Fsp3) is 0.444. The van der Waals surface area contributed by atoms with E-state index in [0.29, 0.717) is 24.4 Å². The molecule has 0 saturated heterocycles. The molecule has 2 aromatic rings. The molecule has 8 heteroatoms. The third-order valence-corrected chi connectivity index (χ3v) is 5.06. The van der Waals surface area contributed by atoms with Gasteiger partial charge in [-0.1, -0.05) is 25.6 Å². The second-order valence-electron chi connectivity index (χ2n) is 7.36. The minimum atomic E-state index is -1.65. The van der Waals surface area contributed by atoms with Gasteiger partial charge in [0.25, 0.3) is 0 Å². The maximum absolute atomic E-state index is 14.8. The number of hydrogen-bond donors (Lipinski definition) is 0. The lowest BCUT2D eigenvalue weighted by Gasteiger charge is -2.13. The Morgan fingerprint density at radius 2 is 1.65 bits per heavy atom. The lowest BCUT2D eigenvalue weighted by Crippen LogP contribution is -2.30. The first-order valence-corrected chi connectivity index (χ1v) is 12.1. The zero-order chi connectivity index (χ0) is 19.1. The van der Waals surface area contributed by atoms with E-state index in [1.54, 1.807) is 0 Å². The zero-order valence-corrected chi connectivity index (χ0v) is 16.4. The van der Waals surface area contributed by atoms with Crippen molar-refractivity contribution in [3.63, 3.8) is 0 Å². The molecule has 0 aliphatic carbocycles. The van der Waals surface area contributed by atoms with Crippen LogP contribution in [0.3, 0.4) is 0 Å². The molecular weight excluding hydrogens is 353 g/mol. The van der Waals surface area contributed by atoms with Crippen molar-refractivity contribution in [3.8, 4) is 22.9 Å². The second kappa shape index (κ2) is 6.65. The van der Waals surface area contributed by atoms with E-state index in [0.717, 1.165) is 17.4 Å². The average molecular weight is 375 g/mol. The number of ether oxygens (including phenoxy) is 1. The fourth-order valence-electron chi connectivity index (χ4n) is 2.92. The summed E-state index contributed by atoms with van der Waals surface area (Å²) in [5.74, 6) is 2.64. The van der Waals surface area contributed by atoms with E-state index >= 15 is 0 Å². The lowest BCUT2D eigenvalue weighted by molar-refractivity contribution is 0.348. The van der Waals surface area contributed by atoms with E-state index in [1.807, 2.05) is 0 Å². The van der Waals surface area contributed by atoms with Gasteiger partial charge in [-0.15, -0.1) is 5.54 Å². The monoisotopic (exact) mass is 375 g/mol. The number of nitrogens with zero attached hydrogens (tertiary/aromatic N) is 3. The second-order valence-corrected chi connectivity index (χ2v) is 12.1. The van der Waals surface area contributed by atoms with E-state index in [1.165, 1.54) is 28.6 Å². The van der Waals surface area contributed by atoms with Gasteiger partial charge in [-0.2, -0.15) is 0 Å². The van der Waals surface area contributed by atoms with Gasteiger partial charge in [0.1, 0.15) is 19.6 Å². The van der Waals surface area contributed by atoms with Gasteiger partial charge in [-0.05, 0) is 18.9 Å². The highest BCUT2D eigenvalue weighted by Crippen LogP contribution is 2.24. The van der Waals surface area contributed by atoms with Crippen molar-refractivity contribution < 1.29 is 9.13 Å². The summed E-state index contributed by atoms with van der Waals surface area (Å²) < 4.78 is 23.7. The highest BCUT2D eigenvalue weighted by molar-refractivity contribution is 6.83. The number of halogens is 1. The van der Waals surface area contributed by atoms with Crippen molar-refractivity contribution in [3.05, 3.63) is 44.5 Å². The summed E-state index contributed by atoms with van der Waals surface area (Å²) in [6.07, 6.45) is 1.64. The van der Waals surface area contributed by atoms with Crippen LogP contribution in [0.25, 0.3) is 5.69 Å². The SMILES string of the molecule is COc1cc(-n2c(=O)n3n(c2=O)CCCC3)c(F)cc1C#C[Si](C)(C)C. The Morgan fingerprint density at radius 3 is 2.15 bits per heavy atom. The van der Waals surface area contributed by atoms with Gasteiger partial charge in [0.15, 0.2) is 0 Å². The predicted molar refractivity (Wildman–Crippen MR) is 100 cm³/mol. The van der Waals surface area contributed by atoms with Crippen molar-refractivity contribution in [2.45, 2.75) is 45.6 Å². The molecule has 0 atom stereocenters. The summed E-state index contributed by atoms with van der Waals surface area (Å²) in [5.41, 5.74) is 2.41. The Hall–Kier alpha value is -2.53. The number of benzene rings is 1. The molecule has 0 saturated carbocycles. The highest BCUT2D eigenvalue weighted by Gasteiger charge is 2.22. The van der Waals surface area contributed by atoms with Crippen LogP contribution in [0, 0.1) is 17.3 Å². The van der Waals surface area contributed by atoms with Crippen LogP contribution in [-0.4, -0.2) is 29.1 Å². The van der Waals surface area contributed by atoms with E-state index in [-0.39, 0.29) is 5.69 Å². The third kappa shape index (κ3) is 3.27. The van der Waals surface area contributed by atoms with Crippen molar-refractivity contribution in [2.24, 2.45) is 0 Å². The smallest absolute Gasteiger partial charge is 0.351 e. The average Bonchev–Trinajstić information content (AvgIpc) is 2.84. The van der Waals surface area contributed by atoms with Crippen molar-refractivity contribution in [1.29, 1.82) is 0 Å². The molecular formula is C18H22FN3O3Si. The van der Waals surface area contributed by atoms with Gasteiger partial charge in [-0.25, -0.2) is 27.9 Å². The van der Waals surface area contributed by atoms with Gasteiger partial charge in [0, 0.05) is 19.2 Å². The first-order valence-electron chi connectivity index (χ1n) is 8.56. The molecule has 3 rings (SSSR count). The quantitative estimate of drug-likeness (QED) is 0.596. The van der Waals surface area contributed by atoms with Crippen LogP contribution >= 0.6 is 0 Å².